The summed E-state index contributed by atoms with van der Waals surface area (Å²) in [5.74, 6) is -1.76. The highest BCUT2D eigenvalue weighted by atomic mass is 35.5. The fraction of sp³-hybridized carbons (Fsp3) is 0.0667. The highest BCUT2D eigenvalue weighted by Gasteiger charge is 2.19. The smallest absolute Gasteiger partial charge is 0.322 e. The summed E-state index contributed by atoms with van der Waals surface area (Å²) in [6, 6.07) is 9.68. The van der Waals surface area contributed by atoms with Gasteiger partial charge in [0.25, 0.3) is 15.9 Å². The topological polar surface area (TPSA) is 113 Å². The maximum absolute atomic E-state index is 12.4. The van der Waals surface area contributed by atoms with Crippen LogP contribution < -0.4 is 10.0 Å². The second-order valence-corrected chi connectivity index (χ2v) is 7.25. The Balaban J connectivity index is 2.16. The number of sulfonamides is 1. The Morgan fingerprint density at radius 2 is 1.68 bits per heavy atom. The molecule has 3 N–H and O–H groups in total. The summed E-state index contributed by atoms with van der Waals surface area (Å²) in [6.45, 7) is -0.513. The van der Waals surface area contributed by atoms with E-state index in [2.05, 4.69) is 10.0 Å². The van der Waals surface area contributed by atoms with Gasteiger partial charge in [0.2, 0.25) is 0 Å². The monoisotopic (exact) mass is 402 g/mol. The van der Waals surface area contributed by atoms with Gasteiger partial charge < -0.3 is 10.4 Å². The number of benzene rings is 2. The maximum atomic E-state index is 12.4. The van der Waals surface area contributed by atoms with E-state index in [1.54, 1.807) is 0 Å². The highest BCUT2D eigenvalue weighted by molar-refractivity contribution is 7.92. The van der Waals surface area contributed by atoms with Crippen molar-refractivity contribution in [1.29, 1.82) is 0 Å². The van der Waals surface area contributed by atoms with Gasteiger partial charge in [-0.3, -0.25) is 14.3 Å². The Kier molecular flexibility index (Phi) is 5.89. The molecule has 0 atom stereocenters. The molecular formula is C15H12Cl2N2O5S. The number of amides is 1. The Bertz CT molecular complexity index is 914. The van der Waals surface area contributed by atoms with Crippen LogP contribution in [0.25, 0.3) is 0 Å². The summed E-state index contributed by atoms with van der Waals surface area (Å²) in [5.41, 5.74) is 0.385. The highest BCUT2D eigenvalue weighted by Crippen LogP contribution is 2.30. The molecule has 0 aliphatic rings. The van der Waals surface area contributed by atoms with E-state index in [9.17, 15) is 18.0 Å². The van der Waals surface area contributed by atoms with Gasteiger partial charge in [-0.15, -0.1) is 0 Å². The van der Waals surface area contributed by atoms with Gasteiger partial charge in [0.1, 0.15) is 11.4 Å². The van der Waals surface area contributed by atoms with Gasteiger partial charge in [0.15, 0.2) is 0 Å². The van der Waals surface area contributed by atoms with Gasteiger partial charge in [-0.05, 0) is 36.4 Å². The third-order valence-corrected chi connectivity index (χ3v) is 5.36. The van der Waals surface area contributed by atoms with Crippen molar-refractivity contribution in [2.75, 3.05) is 11.3 Å². The number of carboxylic acid groups (broad SMARTS) is 1. The fourth-order valence-electron chi connectivity index (χ4n) is 1.85. The lowest BCUT2D eigenvalue weighted by Crippen LogP contribution is -2.29. The third kappa shape index (κ3) is 4.85. The molecule has 0 aliphatic carbocycles. The quantitative estimate of drug-likeness (QED) is 0.687. The number of halogens is 2. The van der Waals surface area contributed by atoms with Gasteiger partial charge in [-0.25, -0.2) is 8.42 Å². The number of rotatable bonds is 6. The molecule has 0 heterocycles. The van der Waals surface area contributed by atoms with Crippen molar-refractivity contribution in [3.63, 3.8) is 0 Å². The van der Waals surface area contributed by atoms with Crippen molar-refractivity contribution in [2.24, 2.45) is 0 Å². The van der Waals surface area contributed by atoms with E-state index in [1.165, 1.54) is 42.5 Å². The van der Waals surface area contributed by atoms with Crippen LogP contribution in [0.15, 0.2) is 47.4 Å². The van der Waals surface area contributed by atoms with E-state index in [-0.39, 0.29) is 26.2 Å². The number of aliphatic carboxylic acids is 1. The summed E-state index contributed by atoms with van der Waals surface area (Å²) in [6.07, 6.45) is 0. The molecule has 2 aromatic rings. The van der Waals surface area contributed by atoms with Crippen LogP contribution in [0.4, 0.5) is 5.69 Å². The van der Waals surface area contributed by atoms with E-state index in [0.717, 1.165) is 0 Å². The number of nitrogens with one attached hydrogen (secondary N) is 2. The molecule has 2 rings (SSSR count). The van der Waals surface area contributed by atoms with Crippen molar-refractivity contribution in [3.8, 4) is 0 Å². The predicted octanol–water partition coefficient (Wildman–Crippen LogP) is 2.61. The van der Waals surface area contributed by atoms with Crippen molar-refractivity contribution in [3.05, 3.63) is 58.1 Å². The summed E-state index contributed by atoms with van der Waals surface area (Å²) in [7, 11) is -3.97. The van der Waals surface area contributed by atoms with Crippen molar-refractivity contribution in [2.45, 2.75) is 4.90 Å². The maximum Gasteiger partial charge on any atom is 0.322 e. The van der Waals surface area contributed by atoms with Gasteiger partial charge in [-0.1, -0.05) is 29.3 Å². The molecule has 10 heteroatoms. The normalized spacial score (nSPS) is 11.0. The first-order valence-corrected chi connectivity index (χ1v) is 9.01. The number of carboxylic acids is 1. The molecule has 0 fully saturated rings. The van der Waals surface area contributed by atoms with Crippen molar-refractivity contribution >= 4 is 50.8 Å². The van der Waals surface area contributed by atoms with Crippen LogP contribution in [-0.2, 0) is 14.8 Å². The zero-order valence-electron chi connectivity index (χ0n) is 12.5. The molecule has 0 spiro atoms. The zero-order valence-corrected chi connectivity index (χ0v) is 14.8. The number of carbonyl (C=O) groups is 2. The fourth-order valence-corrected chi connectivity index (χ4v) is 3.67. The molecule has 132 valence electrons. The van der Waals surface area contributed by atoms with Crippen LogP contribution in [0, 0.1) is 0 Å². The van der Waals surface area contributed by atoms with Crippen molar-refractivity contribution in [1.82, 2.24) is 5.32 Å². The van der Waals surface area contributed by atoms with Crippen LogP contribution in [-0.4, -0.2) is 31.9 Å². The van der Waals surface area contributed by atoms with Gasteiger partial charge >= 0.3 is 5.97 Å². The van der Waals surface area contributed by atoms with Gasteiger partial charge in [0, 0.05) is 11.3 Å². The lowest BCUT2D eigenvalue weighted by molar-refractivity contribution is -0.135. The second-order valence-electron chi connectivity index (χ2n) is 4.81. The molecule has 0 aliphatic heterocycles. The SMILES string of the molecule is O=C(O)CNC(=O)c1ccc(NS(=O)(=O)c2cccc(Cl)c2Cl)cc1. The molecule has 0 bridgehead atoms. The molecule has 0 saturated carbocycles. The van der Waals surface area contributed by atoms with Crippen LogP contribution in [0.5, 0.6) is 0 Å². The minimum Gasteiger partial charge on any atom is -0.480 e. The number of hydrogen-bond acceptors (Lipinski definition) is 4. The number of anilines is 1. The Morgan fingerprint density at radius 3 is 2.28 bits per heavy atom. The van der Waals surface area contributed by atoms with Crippen LogP contribution in [0.2, 0.25) is 10.0 Å². The van der Waals surface area contributed by atoms with E-state index < -0.39 is 28.4 Å². The van der Waals surface area contributed by atoms with Gasteiger partial charge in [0.05, 0.1) is 10.0 Å². The molecule has 0 unspecified atom stereocenters. The summed E-state index contributed by atoms with van der Waals surface area (Å²) in [5, 5.41) is 10.7. The molecule has 25 heavy (non-hydrogen) atoms. The second kappa shape index (κ2) is 7.73. The first-order chi connectivity index (χ1) is 11.7. The molecule has 2 aromatic carbocycles. The van der Waals surface area contributed by atoms with Crippen LogP contribution >= 0.6 is 23.2 Å². The minimum atomic E-state index is -3.97. The summed E-state index contributed by atoms with van der Waals surface area (Å²) < 4.78 is 27.1. The first-order valence-electron chi connectivity index (χ1n) is 6.77. The molecule has 0 radical (unpaired) electrons. The number of hydrogen-bond donors (Lipinski definition) is 3. The average Bonchev–Trinajstić information content (AvgIpc) is 2.55. The van der Waals surface area contributed by atoms with E-state index in [1.807, 2.05) is 0 Å². The van der Waals surface area contributed by atoms with E-state index >= 15 is 0 Å². The van der Waals surface area contributed by atoms with Crippen LogP contribution in [0.3, 0.4) is 0 Å². The summed E-state index contributed by atoms with van der Waals surface area (Å²) >= 11 is 11.7. The molecule has 0 aromatic heterocycles. The predicted molar refractivity (Wildman–Crippen MR) is 93.7 cm³/mol. The van der Waals surface area contributed by atoms with E-state index in [4.69, 9.17) is 28.3 Å². The summed E-state index contributed by atoms with van der Waals surface area (Å²) in [4.78, 5) is 21.9. The molecule has 7 nitrogen and oxygen atoms in total. The minimum absolute atomic E-state index is 0.0960. The Hall–Kier alpha value is -2.29. The zero-order chi connectivity index (χ0) is 18.6. The molecular weight excluding hydrogens is 391 g/mol. The lowest BCUT2D eigenvalue weighted by atomic mass is 10.2. The Labute approximate surface area is 153 Å². The number of carbonyl (C=O) groups excluding carboxylic acids is 1. The van der Waals surface area contributed by atoms with Gasteiger partial charge in [-0.2, -0.15) is 0 Å². The third-order valence-electron chi connectivity index (χ3n) is 3.01. The average molecular weight is 403 g/mol. The standard InChI is InChI=1S/C15H12Cl2N2O5S/c16-11-2-1-3-12(14(11)17)25(23,24)19-10-6-4-9(5-7-10)15(22)18-8-13(20)21/h1-7,19H,8H2,(H,18,22)(H,20,21). The van der Waals surface area contributed by atoms with Crippen molar-refractivity contribution < 1.29 is 23.1 Å². The molecule has 1 amide bonds. The first kappa shape index (κ1) is 19.0. The largest absolute Gasteiger partial charge is 0.480 e. The van der Waals surface area contributed by atoms with Crippen LogP contribution in [0.1, 0.15) is 10.4 Å². The lowest BCUT2D eigenvalue weighted by Gasteiger charge is -2.10. The molecule has 0 saturated heterocycles. The van der Waals surface area contributed by atoms with E-state index in [0.29, 0.717) is 0 Å². The Morgan fingerprint density at radius 1 is 1.04 bits per heavy atom.